The molecule has 6 heteroatoms. The Morgan fingerprint density at radius 2 is 2.48 bits per heavy atom. The van der Waals surface area contributed by atoms with Crippen molar-refractivity contribution in [1.29, 1.82) is 0 Å². The van der Waals surface area contributed by atoms with Gasteiger partial charge in [-0.3, -0.25) is 4.79 Å². The van der Waals surface area contributed by atoms with Crippen LogP contribution in [0.15, 0.2) is 5.38 Å². The Labute approximate surface area is 135 Å². The van der Waals surface area contributed by atoms with E-state index in [9.17, 15) is 4.79 Å². The Balaban J connectivity index is 1.53. The fourth-order valence-electron chi connectivity index (χ4n) is 2.62. The normalized spacial score (nSPS) is 19.6. The summed E-state index contributed by atoms with van der Waals surface area (Å²) in [5.41, 5.74) is 1.08. The van der Waals surface area contributed by atoms with Crippen LogP contribution in [0.5, 0.6) is 0 Å². The molecule has 21 heavy (non-hydrogen) atoms. The van der Waals surface area contributed by atoms with Gasteiger partial charge < -0.3 is 10.2 Å². The van der Waals surface area contributed by atoms with Gasteiger partial charge in [-0.15, -0.1) is 23.1 Å². The average Bonchev–Trinajstić information content (AvgIpc) is 2.84. The number of thiazole rings is 1. The number of carbonyl (C=O) groups excluding carboxylic acids is 1. The van der Waals surface area contributed by atoms with E-state index in [-0.39, 0.29) is 5.91 Å². The minimum absolute atomic E-state index is 0.136. The standard InChI is InChI=1S/C15H25N3OS2/c1-12-4-3-6-18(8-12)7-5-16-15(19)11-20-9-14-10-21-13(2)17-14/h10,12H,3-9,11H2,1-2H3,(H,16,19). The Kier molecular flexibility index (Phi) is 6.99. The smallest absolute Gasteiger partial charge is 0.230 e. The van der Waals surface area contributed by atoms with Crippen molar-refractivity contribution >= 4 is 29.0 Å². The molecule has 4 nitrogen and oxygen atoms in total. The van der Waals surface area contributed by atoms with Gasteiger partial charge in [-0.05, 0) is 32.2 Å². The number of aromatic nitrogens is 1. The Hall–Kier alpha value is -0.590. The maximum absolute atomic E-state index is 11.8. The van der Waals surface area contributed by atoms with E-state index in [1.165, 1.54) is 25.9 Å². The maximum atomic E-state index is 11.8. The molecular weight excluding hydrogens is 302 g/mol. The highest BCUT2D eigenvalue weighted by atomic mass is 32.2. The molecule has 1 fully saturated rings. The second kappa shape index (κ2) is 8.76. The first-order valence-corrected chi connectivity index (χ1v) is 9.64. The topological polar surface area (TPSA) is 45.2 Å². The van der Waals surface area contributed by atoms with Crippen molar-refractivity contribution in [2.45, 2.75) is 32.4 Å². The van der Waals surface area contributed by atoms with Crippen LogP contribution >= 0.6 is 23.1 Å². The van der Waals surface area contributed by atoms with E-state index in [0.29, 0.717) is 5.75 Å². The van der Waals surface area contributed by atoms with E-state index in [1.54, 1.807) is 23.1 Å². The lowest BCUT2D eigenvalue weighted by Gasteiger charge is -2.30. The first-order chi connectivity index (χ1) is 10.1. The summed E-state index contributed by atoms with van der Waals surface area (Å²) in [5.74, 6) is 2.28. The zero-order chi connectivity index (χ0) is 15.1. The van der Waals surface area contributed by atoms with Gasteiger partial charge in [-0.2, -0.15) is 0 Å². The monoisotopic (exact) mass is 327 g/mol. The van der Waals surface area contributed by atoms with Crippen molar-refractivity contribution in [3.05, 3.63) is 16.1 Å². The minimum atomic E-state index is 0.136. The molecule has 1 aromatic rings. The number of amides is 1. The van der Waals surface area contributed by atoms with E-state index in [4.69, 9.17) is 0 Å². The zero-order valence-corrected chi connectivity index (χ0v) is 14.6. The van der Waals surface area contributed by atoms with Crippen LogP contribution in [0, 0.1) is 12.8 Å². The van der Waals surface area contributed by atoms with Crippen molar-refractivity contribution in [1.82, 2.24) is 15.2 Å². The molecule has 0 spiro atoms. The van der Waals surface area contributed by atoms with Crippen molar-refractivity contribution < 1.29 is 4.79 Å². The molecule has 0 bridgehead atoms. The van der Waals surface area contributed by atoms with Crippen LogP contribution in [0.4, 0.5) is 0 Å². The number of carbonyl (C=O) groups is 1. The molecule has 1 amide bonds. The molecule has 2 heterocycles. The average molecular weight is 328 g/mol. The SMILES string of the molecule is Cc1nc(CSCC(=O)NCCN2CCCC(C)C2)cs1. The lowest BCUT2D eigenvalue weighted by Crippen LogP contribution is -2.40. The number of thioether (sulfide) groups is 1. The summed E-state index contributed by atoms with van der Waals surface area (Å²) in [7, 11) is 0. The van der Waals surface area contributed by atoms with Gasteiger partial charge >= 0.3 is 0 Å². The van der Waals surface area contributed by atoms with E-state index in [2.05, 4.69) is 27.5 Å². The molecule has 0 aromatic carbocycles. The summed E-state index contributed by atoms with van der Waals surface area (Å²) >= 11 is 3.30. The van der Waals surface area contributed by atoms with Crippen molar-refractivity contribution in [2.75, 3.05) is 31.9 Å². The molecule has 1 unspecified atom stereocenters. The van der Waals surface area contributed by atoms with Crippen molar-refractivity contribution in [3.63, 3.8) is 0 Å². The Morgan fingerprint density at radius 1 is 1.62 bits per heavy atom. The number of piperidine rings is 1. The fourth-order valence-corrected chi connectivity index (χ4v) is 4.08. The summed E-state index contributed by atoms with van der Waals surface area (Å²) in [6, 6.07) is 0. The number of hydrogen-bond donors (Lipinski definition) is 1. The van der Waals surface area contributed by atoms with Crippen LogP contribution < -0.4 is 5.32 Å². The predicted octanol–water partition coefficient (Wildman–Crippen LogP) is 2.53. The van der Waals surface area contributed by atoms with Gasteiger partial charge in [0.1, 0.15) is 0 Å². The lowest BCUT2D eigenvalue weighted by atomic mass is 10.0. The molecule has 0 saturated carbocycles. The van der Waals surface area contributed by atoms with E-state index in [1.807, 2.05) is 6.92 Å². The molecule has 0 radical (unpaired) electrons. The van der Waals surface area contributed by atoms with Crippen LogP contribution in [0.1, 0.15) is 30.5 Å². The molecule has 1 N–H and O–H groups in total. The summed E-state index contributed by atoms with van der Waals surface area (Å²) in [6.07, 6.45) is 2.63. The molecule has 0 aliphatic carbocycles. The molecule has 1 atom stereocenters. The maximum Gasteiger partial charge on any atom is 0.230 e. The van der Waals surface area contributed by atoms with Gasteiger partial charge in [0.05, 0.1) is 16.5 Å². The van der Waals surface area contributed by atoms with Crippen LogP contribution in [0.25, 0.3) is 0 Å². The highest BCUT2D eigenvalue weighted by Crippen LogP contribution is 2.15. The second-order valence-electron chi connectivity index (χ2n) is 5.75. The number of rotatable bonds is 7. The van der Waals surface area contributed by atoms with Crippen molar-refractivity contribution in [2.24, 2.45) is 5.92 Å². The minimum Gasteiger partial charge on any atom is -0.354 e. The third kappa shape index (κ3) is 6.36. The molecule has 1 aromatic heterocycles. The van der Waals surface area contributed by atoms with Crippen LogP contribution in [0.3, 0.4) is 0 Å². The van der Waals surface area contributed by atoms with Gasteiger partial charge in [-0.25, -0.2) is 4.98 Å². The second-order valence-corrected chi connectivity index (χ2v) is 7.80. The quantitative estimate of drug-likeness (QED) is 0.836. The molecule has 118 valence electrons. The highest BCUT2D eigenvalue weighted by molar-refractivity contribution is 7.99. The lowest BCUT2D eigenvalue weighted by molar-refractivity contribution is -0.118. The third-order valence-corrected chi connectivity index (χ3v) is 5.43. The molecule has 1 aliphatic rings. The third-order valence-electron chi connectivity index (χ3n) is 3.64. The largest absolute Gasteiger partial charge is 0.354 e. The van der Waals surface area contributed by atoms with Gasteiger partial charge in [0, 0.05) is 30.8 Å². The zero-order valence-electron chi connectivity index (χ0n) is 12.9. The Bertz CT molecular complexity index is 450. The van der Waals surface area contributed by atoms with E-state index in [0.717, 1.165) is 35.5 Å². The number of nitrogens with one attached hydrogen (secondary N) is 1. The van der Waals surface area contributed by atoms with Crippen LogP contribution in [-0.2, 0) is 10.5 Å². The summed E-state index contributed by atoms with van der Waals surface area (Å²) in [6.45, 7) is 8.41. The number of likely N-dealkylation sites (tertiary alicyclic amines) is 1. The number of aryl methyl sites for hydroxylation is 1. The highest BCUT2D eigenvalue weighted by Gasteiger charge is 2.15. The van der Waals surface area contributed by atoms with Crippen LogP contribution in [0.2, 0.25) is 0 Å². The van der Waals surface area contributed by atoms with Gasteiger partial charge in [-0.1, -0.05) is 6.92 Å². The number of hydrogen-bond acceptors (Lipinski definition) is 5. The molecule has 1 saturated heterocycles. The Morgan fingerprint density at radius 3 is 3.19 bits per heavy atom. The summed E-state index contributed by atoms with van der Waals surface area (Å²) in [5, 5.41) is 6.17. The van der Waals surface area contributed by atoms with E-state index < -0.39 is 0 Å². The number of nitrogens with zero attached hydrogens (tertiary/aromatic N) is 2. The van der Waals surface area contributed by atoms with Crippen molar-refractivity contribution in [3.8, 4) is 0 Å². The first kappa shape index (κ1) is 16.8. The van der Waals surface area contributed by atoms with E-state index >= 15 is 0 Å². The molecule has 2 rings (SSSR count). The first-order valence-electron chi connectivity index (χ1n) is 7.61. The van der Waals surface area contributed by atoms with Gasteiger partial charge in [0.25, 0.3) is 0 Å². The van der Waals surface area contributed by atoms with Crippen LogP contribution in [-0.4, -0.2) is 47.7 Å². The molecular formula is C15H25N3OS2. The summed E-state index contributed by atoms with van der Waals surface area (Å²) < 4.78 is 0. The van der Waals surface area contributed by atoms with Gasteiger partial charge in [0.2, 0.25) is 5.91 Å². The fraction of sp³-hybridized carbons (Fsp3) is 0.733. The predicted molar refractivity (Wildman–Crippen MR) is 90.9 cm³/mol. The molecule has 1 aliphatic heterocycles. The summed E-state index contributed by atoms with van der Waals surface area (Å²) in [4.78, 5) is 18.6. The van der Waals surface area contributed by atoms with Gasteiger partial charge in [0.15, 0.2) is 0 Å².